The zero-order chi connectivity index (χ0) is 22.6. The van der Waals surface area contributed by atoms with E-state index >= 15 is 0 Å². The average molecular weight is 435 g/mol. The van der Waals surface area contributed by atoms with Crippen molar-refractivity contribution in [1.82, 2.24) is 0 Å². The molecule has 0 bridgehead atoms. The summed E-state index contributed by atoms with van der Waals surface area (Å²) in [5.74, 6) is 21.2. The molecule has 0 heterocycles. The molecule has 0 spiro atoms. The smallest absolute Gasteiger partial charge is 0.0297 e. The molecule has 0 aromatic heterocycles. The van der Waals surface area contributed by atoms with Crippen LogP contribution in [0.2, 0.25) is 0 Å². The summed E-state index contributed by atoms with van der Waals surface area (Å²) in [5, 5.41) is 0. The molecule has 4 fully saturated rings. The molecule has 0 aliphatic heterocycles. The Morgan fingerprint density at radius 3 is 1.66 bits per heavy atom. The lowest BCUT2D eigenvalue weighted by molar-refractivity contribution is 0.133. The van der Waals surface area contributed by atoms with Crippen molar-refractivity contribution >= 4 is 0 Å². The SMILES string of the molecule is CC1CCC(C2CCC(C)(C#CC#CC3CC(C4CCC(C)CC4)CCC3C)CC2)CC1. The van der Waals surface area contributed by atoms with Gasteiger partial charge in [0.1, 0.15) is 0 Å². The lowest BCUT2D eigenvalue weighted by atomic mass is 9.65. The summed E-state index contributed by atoms with van der Waals surface area (Å²) in [4.78, 5) is 0. The van der Waals surface area contributed by atoms with Crippen molar-refractivity contribution in [3.8, 4) is 23.7 Å². The second kappa shape index (κ2) is 11.0. The Kier molecular flexibility index (Phi) is 8.36. The summed E-state index contributed by atoms with van der Waals surface area (Å²) in [6.07, 6.45) is 21.3. The average Bonchev–Trinajstić information content (AvgIpc) is 2.80. The highest BCUT2D eigenvalue weighted by Gasteiger charge is 2.35. The molecule has 3 unspecified atom stereocenters. The van der Waals surface area contributed by atoms with Gasteiger partial charge in [0, 0.05) is 11.3 Å². The third kappa shape index (κ3) is 6.37. The Morgan fingerprint density at radius 2 is 1.06 bits per heavy atom. The topological polar surface area (TPSA) is 0 Å². The van der Waals surface area contributed by atoms with Crippen LogP contribution in [0.4, 0.5) is 0 Å². The van der Waals surface area contributed by atoms with E-state index < -0.39 is 0 Å². The lowest BCUT2D eigenvalue weighted by Gasteiger charge is -2.39. The van der Waals surface area contributed by atoms with Crippen LogP contribution in [0.15, 0.2) is 0 Å². The third-order valence-electron chi connectivity index (χ3n) is 10.5. The lowest BCUT2D eigenvalue weighted by Crippen LogP contribution is -2.29. The van der Waals surface area contributed by atoms with Crippen molar-refractivity contribution in [2.45, 2.75) is 124 Å². The predicted octanol–water partition coefficient (Wildman–Crippen LogP) is 8.89. The maximum Gasteiger partial charge on any atom is 0.0297 e. The Labute approximate surface area is 200 Å². The van der Waals surface area contributed by atoms with Crippen LogP contribution in [0.5, 0.6) is 0 Å². The van der Waals surface area contributed by atoms with Crippen LogP contribution in [-0.2, 0) is 0 Å². The van der Waals surface area contributed by atoms with Crippen LogP contribution in [0.1, 0.15) is 124 Å². The molecule has 0 saturated heterocycles. The minimum Gasteiger partial charge on any atom is -0.0854 e. The molecule has 0 heteroatoms. The standard InChI is InChI=1S/C32H50/c1-24-8-13-27(14-9-24)29-18-21-32(4,22-19-29)20-6-5-7-30-23-31(17-12-26(30)3)28-15-10-25(2)11-16-28/h24-31H,8-19,21-23H2,1-4H3. The minimum atomic E-state index is 0.215. The zero-order valence-electron chi connectivity index (χ0n) is 21.7. The van der Waals surface area contributed by atoms with Crippen LogP contribution in [-0.4, -0.2) is 0 Å². The van der Waals surface area contributed by atoms with Gasteiger partial charge in [-0.2, -0.15) is 0 Å². The van der Waals surface area contributed by atoms with E-state index in [0.29, 0.717) is 5.92 Å². The molecule has 0 aromatic rings. The zero-order valence-corrected chi connectivity index (χ0v) is 21.7. The highest BCUT2D eigenvalue weighted by Crippen LogP contribution is 2.45. The quantitative estimate of drug-likeness (QED) is 0.381. The molecule has 0 amide bonds. The molecule has 4 rings (SSSR count). The highest BCUT2D eigenvalue weighted by molar-refractivity contribution is 5.30. The summed E-state index contributed by atoms with van der Waals surface area (Å²) in [6, 6.07) is 0. The Hall–Kier alpha value is -0.880. The fourth-order valence-corrected chi connectivity index (χ4v) is 7.68. The summed E-state index contributed by atoms with van der Waals surface area (Å²) < 4.78 is 0. The van der Waals surface area contributed by atoms with Gasteiger partial charge in [0.15, 0.2) is 0 Å². The van der Waals surface area contributed by atoms with Crippen LogP contribution in [0, 0.1) is 76.4 Å². The van der Waals surface area contributed by atoms with Gasteiger partial charge in [0.2, 0.25) is 0 Å². The van der Waals surface area contributed by atoms with Crippen LogP contribution in [0.25, 0.3) is 0 Å². The van der Waals surface area contributed by atoms with Crippen LogP contribution in [0.3, 0.4) is 0 Å². The van der Waals surface area contributed by atoms with Crippen molar-refractivity contribution in [3.63, 3.8) is 0 Å². The predicted molar refractivity (Wildman–Crippen MR) is 138 cm³/mol. The van der Waals surface area contributed by atoms with Crippen molar-refractivity contribution in [2.75, 3.05) is 0 Å². The number of rotatable bonds is 2. The summed E-state index contributed by atoms with van der Waals surface area (Å²) in [7, 11) is 0. The van der Waals surface area contributed by atoms with E-state index in [1.807, 2.05) is 0 Å². The van der Waals surface area contributed by atoms with E-state index in [1.54, 1.807) is 0 Å². The minimum absolute atomic E-state index is 0.215. The van der Waals surface area contributed by atoms with Gasteiger partial charge >= 0.3 is 0 Å². The Balaban J connectivity index is 1.27. The Bertz CT molecular complexity index is 699. The van der Waals surface area contributed by atoms with Gasteiger partial charge in [0.25, 0.3) is 0 Å². The molecule has 4 saturated carbocycles. The molecule has 4 aliphatic rings. The molecule has 4 aliphatic carbocycles. The fourth-order valence-electron chi connectivity index (χ4n) is 7.68. The first-order valence-electron chi connectivity index (χ1n) is 14.4. The van der Waals surface area contributed by atoms with E-state index in [9.17, 15) is 0 Å². The van der Waals surface area contributed by atoms with E-state index in [2.05, 4.69) is 51.4 Å². The van der Waals surface area contributed by atoms with Gasteiger partial charge < -0.3 is 0 Å². The van der Waals surface area contributed by atoms with Gasteiger partial charge in [-0.1, -0.05) is 58.3 Å². The first-order valence-corrected chi connectivity index (χ1v) is 14.4. The van der Waals surface area contributed by atoms with Crippen molar-refractivity contribution in [3.05, 3.63) is 0 Å². The molecule has 32 heavy (non-hydrogen) atoms. The largest absolute Gasteiger partial charge is 0.0854 e. The monoisotopic (exact) mass is 434 g/mol. The molecule has 0 N–H and O–H groups in total. The number of hydrogen-bond donors (Lipinski definition) is 0. The van der Waals surface area contributed by atoms with Gasteiger partial charge in [-0.15, -0.1) is 0 Å². The van der Waals surface area contributed by atoms with Gasteiger partial charge in [-0.05, 0) is 131 Å². The van der Waals surface area contributed by atoms with E-state index in [4.69, 9.17) is 0 Å². The first-order chi connectivity index (χ1) is 15.4. The second-order valence-electron chi connectivity index (χ2n) is 13.1. The molecular weight excluding hydrogens is 384 g/mol. The number of hydrogen-bond acceptors (Lipinski definition) is 0. The van der Waals surface area contributed by atoms with Gasteiger partial charge in [0.05, 0.1) is 0 Å². The first kappa shape index (κ1) is 24.3. The molecular formula is C32H50. The maximum absolute atomic E-state index is 3.65. The molecule has 3 atom stereocenters. The summed E-state index contributed by atoms with van der Waals surface area (Å²) in [5.41, 5.74) is 0.215. The normalized spacial score (nSPS) is 45.1. The molecule has 178 valence electrons. The third-order valence-corrected chi connectivity index (χ3v) is 10.5. The van der Waals surface area contributed by atoms with Crippen molar-refractivity contribution < 1.29 is 0 Å². The van der Waals surface area contributed by atoms with Crippen LogP contribution < -0.4 is 0 Å². The van der Waals surface area contributed by atoms with Crippen molar-refractivity contribution in [1.29, 1.82) is 0 Å². The van der Waals surface area contributed by atoms with E-state index in [1.165, 1.54) is 96.3 Å². The maximum atomic E-state index is 3.65. The van der Waals surface area contributed by atoms with Crippen LogP contribution >= 0.6 is 0 Å². The van der Waals surface area contributed by atoms with Gasteiger partial charge in [-0.3, -0.25) is 0 Å². The van der Waals surface area contributed by atoms with E-state index in [0.717, 1.165) is 41.4 Å². The van der Waals surface area contributed by atoms with E-state index in [-0.39, 0.29) is 5.41 Å². The second-order valence-corrected chi connectivity index (χ2v) is 13.1. The molecule has 0 radical (unpaired) electrons. The summed E-state index contributed by atoms with van der Waals surface area (Å²) >= 11 is 0. The van der Waals surface area contributed by atoms with Crippen molar-refractivity contribution in [2.24, 2.45) is 52.8 Å². The fraction of sp³-hybridized carbons (Fsp3) is 0.875. The highest BCUT2D eigenvalue weighted by atomic mass is 14.4. The molecule has 0 aromatic carbocycles. The Morgan fingerprint density at radius 1 is 0.562 bits per heavy atom. The summed E-state index contributed by atoms with van der Waals surface area (Å²) in [6.45, 7) is 9.72. The van der Waals surface area contributed by atoms with Gasteiger partial charge in [-0.25, -0.2) is 0 Å². The molecule has 0 nitrogen and oxygen atoms in total.